The second kappa shape index (κ2) is 7.17. The van der Waals surface area contributed by atoms with Crippen molar-refractivity contribution in [1.82, 2.24) is 5.32 Å². The van der Waals surface area contributed by atoms with Crippen LogP contribution in [0.2, 0.25) is 0 Å². The monoisotopic (exact) mass is 324 g/mol. The number of carbonyl (C=O) groups is 2. The summed E-state index contributed by atoms with van der Waals surface area (Å²) in [5, 5.41) is 2.79. The van der Waals surface area contributed by atoms with E-state index in [1.165, 1.54) is 0 Å². The molecule has 1 heterocycles. The molecular formula is C19H20N2O3. The van der Waals surface area contributed by atoms with Gasteiger partial charge in [-0.2, -0.15) is 0 Å². The zero-order chi connectivity index (χ0) is 16.9. The van der Waals surface area contributed by atoms with Gasteiger partial charge in [0.05, 0.1) is 7.11 Å². The molecule has 0 saturated heterocycles. The summed E-state index contributed by atoms with van der Waals surface area (Å²) in [7, 11) is 1.61. The van der Waals surface area contributed by atoms with Gasteiger partial charge in [0.25, 0.3) is 0 Å². The van der Waals surface area contributed by atoms with Crippen LogP contribution in [0.25, 0.3) is 0 Å². The smallest absolute Gasteiger partial charge is 0.236 e. The summed E-state index contributed by atoms with van der Waals surface area (Å²) in [5.41, 5.74) is 3.04. The third kappa shape index (κ3) is 3.56. The number of methoxy groups -OCH3 is 1. The predicted molar refractivity (Wildman–Crippen MR) is 92.0 cm³/mol. The van der Waals surface area contributed by atoms with Crippen molar-refractivity contribution in [2.24, 2.45) is 0 Å². The van der Waals surface area contributed by atoms with Crippen LogP contribution in [0.3, 0.4) is 0 Å². The van der Waals surface area contributed by atoms with Gasteiger partial charge in [0.1, 0.15) is 12.2 Å². The molecule has 0 bridgehead atoms. The van der Waals surface area contributed by atoms with Crippen molar-refractivity contribution in [3.8, 4) is 5.75 Å². The summed E-state index contributed by atoms with van der Waals surface area (Å²) in [6.07, 6.45) is 0.708. The van der Waals surface area contributed by atoms with E-state index in [2.05, 4.69) is 5.32 Å². The molecule has 0 aromatic heterocycles. The van der Waals surface area contributed by atoms with Crippen molar-refractivity contribution < 1.29 is 14.3 Å². The van der Waals surface area contributed by atoms with E-state index >= 15 is 0 Å². The number of carbonyl (C=O) groups excluding carboxylic acids is 2. The Labute approximate surface area is 141 Å². The Morgan fingerprint density at radius 1 is 1.12 bits per heavy atom. The van der Waals surface area contributed by atoms with E-state index < -0.39 is 0 Å². The Morgan fingerprint density at radius 3 is 2.62 bits per heavy atom. The lowest BCUT2D eigenvalue weighted by Gasteiger charge is -2.17. The minimum absolute atomic E-state index is 0.134. The minimum atomic E-state index is -0.264. The molecule has 0 unspecified atom stereocenters. The highest BCUT2D eigenvalue weighted by molar-refractivity contribution is 6.05. The molecule has 0 aliphatic carbocycles. The molecule has 124 valence electrons. The molecule has 1 N–H and O–H groups in total. The molecule has 2 aromatic rings. The molecule has 0 saturated carbocycles. The van der Waals surface area contributed by atoms with Gasteiger partial charge in [-0.3, -0.25) is 9.59 Å². The molecule has 3 rings (SSSR count). The van der Waals surface area contributed by atoms with Gasteiger partial charge in [-0.25, -0.2) is 0 Å². The molecule has 1 aliphatic heterocycles. The maximum absolute atomic E-state index is 12.4. The molecule has 0 fully saturated rings. The molecule has 24 heavy (non-hydrogen) atoms. The first kappa shape index (κ1) is 16.1. The third-order valence-electron chi connectivity index (χ3n) is 4.15. The highest BCUT2D eigenvalue weighted by atomic mass is 16.5. The van der Waals surface area contributed by atoms with Crippen LogP contribution in [0.1, 0.15) is 17.5 Å². The van der Waals surface area contributed by atoms with Gasteiger partial charge in [0.2, 0.25) is 11.8 Å². The first-order valence-corrected chi connectivity index (χ1v) is 7.95. The van der Waals surface area contributed by atoms with Gasteiger partial charge in [-0.05, 0) is 35.7 Å². The molecule has 1 aliphatic rings. The number of nitrogens with one attached hydrogen (secondary N) is 1. The number of hydrogen-bond acceptors (Lipinski definition) is 3. The molecule has 0 spiro atoms. The number of hydrogen-bond donors (Lipinski definition) is 1. The first-order chi connectivity index (χ1) is 11.7. The van der Waals surface area contributed by atoms with Gasteiger partial charge in [-0.1, -0.05) is 30.3 Å². The number of amides is 2. The number of nitrogens with zero attached hydrogens (tertiary/aromatic N) is 1. The largest absolute Gasteiger partial charge is 0.497 e. The van der Waals surface area contributed by atoms with Crippen LogP contribution in [-0.4, -0.2) is 25.5 Å². The SMILES string of the molecule is COc1ccc(CNC(=O)CC(=O)N2CCc3ccccc32)cc1. The molecule has 0 atom stereocenters. The fourth-order valence-electron chi connectivity index (χ4n) is 2.84. The topological polar surface area (TPSA) is 58.6 Å². The lowest BCUT2D eigenvalue weighted by molar-refractivity contribution is -0.128. The lowest BCUT2D eigenvalue weighted by Crippen LogP contribution is -2.34. The number of fused-ring (bicyclic) bond motifs is 1. The standard InChI is InChI=1S/C19H20N2O3/c1-24-16-8-6-14(7-9-16)13-20-18(22)12-19(23)21-11-10-15-4-2-3-5-17(15)21/h2-9H,10-13H2,1H3,(H,20,22). The zero-order valence-electron chi connectivity index (χ0n) is 13.6. The van der Waals surface area contributed by atoms with Gasteiger partial charge >= 0.3 is 0 Å². The maximum Gasteiger partial charge on any atom is 0.236 e. The lowest BCUT2D eigenvalue weighted by atomic mass is 10.2. The van der Waals surface area contributed by atoms with Crippen LogP contribution < -0.4 is 15.0 Å². The predicted octanol–water partition coefficient (Wildman–Crippen LogP) is 2.29. The highest BCUT2D eigenvalue weighted by Crippen LogP contribution is 2.27. The van der Waals surface area contributed by atoms with Crippen LogP contribution >= 0.6 is 0 Å². The first-order valence-electron chi connectivity index (χ1n) is 7.95. The quantitative estimate of drug-likeness (QED) is 0.859. The van der Waals surface area contributed by atoms with Gasteiger partial charge in [0, 0.05) is 18.8 Å². The Hall–Kier alpha value is -2.82. The normalized spacial score (nSPS) is 12.6. The molecule has 2 amide bonds. The van der Waals surface area contributed by atoms with Crippen molar-refractivity contribution in [3.63, 3.8) is 0 Å². The summed E-state index contributed by atoms with van der Waals surface area (Å²) < 4.78 is 5.10. The van der Waals surface area contributed by atoms with E-state index in [4.69, 9.17) is 4.74 Å². The number of para-hydroxylation sites is 1. The van der Waals surface area contributed by atoms with Crippen molar-refractivity contribution in [3.05, 3.63) is 59.7 Å². The zero-order valence-corrected chi connectivity index (χ0v) is 13.6. The molecule has 5 heteroatoms. The van der Waals surface area contributed by atoms with Crippen molar-refractivity contribution in [2.75, 3.05) is 18.6 Å². The van der Waals surface area contributed by atoms with Crippen molar-refractivity contribution >= 4 is 17.5 Å². The van der Waals surface area contributed by atoms with E-state index in [-0.39, 0.29) is 18.2 Å². The summed E-state index contributed by atoms with van der Waals surface area (Å²) in [4.78, 5) is 26.1. The Kier molecular flexibility index (Phi) is 4.79. The van der Waals surface area contributed by atoms with Crippen LogP contribution in [0.4, 0.5) is 5.69 Å². The van der Waals surface area contributed by atoms with E-state index in [0.717, 1.165) is 29.0 Å². The Bertz CT molecular complexity index is 741. The van der Waals surface area contributed by atoms with Crippen molar-refractivity contribution in [2.45, 2.75) is 19.4 Å². The van der Waals surface area contributed by atoms with Gasteiger partial charge in [0.15, 0.2) is 0 Å². The molecule has 0 radical (unpaired) electrons. The van der Waals surface area contributed by atoms with E-state index in [1.54, 1.807) is 12.0 Å². The fourth-order valence-corrected chi connectivity index (χ4v) is 2.84. The summed E-state index contributed by atoms with van der Waals surface area (Å²) in [5.74, 6) is 0.348. The average Bonchev–Trinajstić information content (AvgIpc) is 3.04. The van der Waals surface area contributed by atoms with Crippen LogP contribution in [-0.2, 0) is 22.6 Å². The second-order valence-corrected chi connectivity index (χ2v) is 5.73. The van der Waals surface area contributed by atoms with E-state index in [9.17, 15) is 9.59 Å². The minimum Gasteiger partial charge on any atom is -0.497 e. The summed E-state index contributed by atoms with van der Waals surface area (Å²) >= 11 is 0. The third-order valence-corrected chi connectivity index (χ3v) is 4.15. The maximum atomic E-state index is 12.4. The number of rotatable bonds is 5. The Balaban J connectivity index is 1.52. The second-order valence-electron chi connectivity index (χ2n) is 5.73. The van der Waals surface area contributed by atoms with Crippen LogP contribution in [0, 0.1) is 0 Å². The van der Waals surface area contributed by atoms with Crippen LogP contribution in [0.15, 0.2) is 48.5 Å². The van der Waals surface area contributed by atoms with Gasteiger partial charge in [-0.15, -0.1) is 0 Å². The Morgan fingerprint density at radius 2 is 1.88 bits per heavy atom. The van der Waals surface area contributed by atoms with E-state index in [1.807, 2.05) is 48.5 Å². The average molecular weight is 324 g/mol. The van der Waals surface area contributed by atoms with E-state index in [0.29, 0.717) is 13.1 Å². The highest BCUT2D eigenvalue weighted by Gasteiger charge is 2.25. The number of ether oxygens (including phenoxy) is 1. The summed E-state index contributed by atoms with van der Waals surface area (Å²) in [6.45, 7) is 1.04. The molecular weight excluding hydrogens is 304 g/mol. The number of benzene rings is 2. The molecule has 5 nitrogen and oxygen atoms in total. The molecule has 2 aromatic carbocycles. The van der Waals surface area contributed by atoms with Crippen molar-refractivity contribution in [1.29, 1.82) is 0 Å². The van der Waals surface area contributed by atoms with Gasteiger partial charge < -0.3 is 15.0 Å². The number of anilines is 1. The fraction of sp³-hybridized carbons (Fsp3) is 0.263. The summed E-state index contributed by atoms with van der Waals surface area (Å²) in [6, 6.07) is 15.3. The van der Waals surface area contributed by atoms with Crippen LogP contribution in [0.5, 0.6) is 5.75 Å².